The molecule has 0 aliphatic heterocycles. The van der Waals surface area contributed by atoms with Crippen molar-refractivity contribution in [2.45, 2.75) is 20.0 Å². The topological polar surface area (TPSA) is 86.4 Å². The molecule has 30 heavy (non-hydrogen) atoms. The number of carbonyl (C=O) groups excluding carboxylic acids is 1. The van der Waals surface area contributed by atoms with Gasteiger partial charge in [0.15, 0.2) is 0 Å². The van der Waals surface area contributed by atoms with Crippen molar-refractivity contribution >= 4 is 39.1 Å². The lowest BCUT2D eigenvalue weighted by molar-refractivity contribution is -0.114. The fourth-order valence-corrected chi connectivity index (χ4v) is 3.63. The number of ether oxygens (including phenoxy) is 1. The van der Waals surface area contributed by atoms with E-state index in [1.54, 1.807) is 6.92 Å². The molecule has 6 nitrogen and oxygen atoms in total. The van der Waals surface area contributed by atoms with Gasteiger partial charge in [0.25, 0.3) is 0 Å². The third kappa shape index (κ3) is 4.23. The molecule has 0 saturated carbocycles. The van der Waals surface area contributed by atoms with E-state index in [2.05, 4.69) is 15.6 Å². The minimum Gasteiger partial charge on any atom is -0.492 e. The van der Waals surface area contributed by atoms with Gasteiger partial charge in [-0.2, -0.15) is 0 Å². The number of fused-ring (bicyclic) bond motifs is 3. The summed E-state index contributed by atoms with van der Waals surface area (Å²) in [6, 6.07) is 19.5. The van der Waals surface area contributed by atoms with E-state index < -0.39 is 6.10 Å². The maximum Gasteiger partial charge on any atom is 0.221 e. The maximum absolute atomic E-state index is 11.3. The number of aromatic amines is 1. The quantitative estimate of drug-likeness (QED) is 0.333. The maximum atomic E-state index is 11.3. The van der Waals surface area contributed by atoms with Crippen molar-refractivity contribution < 1.29 is 14.6 Å². The number of aliphatic hydroxyl groups excluding tert-OH is 1. The molecule has 1 aromatic heterocycles. The van der Waals surface area contributed by atoms with Crippen LogP contribution in [0.3, 0.4) is 0 Å². The minimum absolute atomic E-state index is 0.0884. The largest absolute Gasteiger partial charge is 0.492 e. The number of H-pyrrole nitrogens is 1. The van der Waals surface area contributed by atoms with Crippen LogP contribution in [0, 0.1) is 0 Å². The molecule has 0 spiro atoms. The molecule has 4 N–H and O–H groups in total. The van der Waals surface area contributed by atoms with Gasteiger partial charge in [0.05, 0.1) is 11.6 Å². The number of carbonyl (C=O) groups is 1. The van der Waals surface area contributed by atoms with Crippen molar-refractivity contribution in [1.29, 1.82) is 0 Å². The van der Waals surface area contributed by atoms with Crippen molar-refractivity contribution in [3.8, 4) is 5.75 Å². The highest BCUT2D eigenvalue weighted by Gasteiger charge is 2.08. The van der Waals surface area contributed by atoms with Crippen molar-refractivity contribution in [3.05, 3.63) is 66.2 Å². The van der Waals surface area contributed by atoms with Crippen LogP contribution in [0.25, 0.3) is 21.8 Å². The van der Waals surface area contributed by atoms with Gasteiger partial charge in [-0.3, -0.25) is 4.79 Å². The van der Waals surface area contributed by atoms with Crippen LogP contribution in [-0.2, 0) is 4.79 Å². The summed E-state index contributed by atoms with van der Waals surface area (Å²) in [6.07, 6.45) is -0.523. The number of anilines is 2. The zero-order valence-corrected chi connectivity index (χ0v) is 17.0. The zero-order chi connectivity index (χ0) is 21.1. The molecule has 0 radical (unpaired) electrons. The van der Waals surface area contributed by atoms with Crippen LogP contribution < -0.4 is 15.4 Å². The Balaban J connectivity index is 1.44. The first-order valence-electron chi connectivity index (χ1n) is 9.98. The van der Waals surface area contributed by atoms with Gasteiger partial charge in [0, 0.05) is 52.8 Å². The van der Waals surface area contributed by atoms with Gasteiger partial charge in [-0.25, -0.2) is 0 Å². The Morgan fingerprint density at radius 1 is 1.07 bits per heavy atom. The fourth-order valence-electron chi connectivity index (χ4n) is 3.63. The molecule has 4 aromatic rings. The van der Waals surface area contributed by atoms with E-state index in [0.717, 1.165) is 44.5 Å². The Labute approximate surface area is 174 Å². The molecule has 154 valence electrons. The summed E-state index contributed by atoms with van der Waals surface area (Å²) in [7, 11) is 0. The van der Waals surface area contributed by atoms with E-state index in [-0.39, 0.29) is 5.91 Å². The van der Waals surface area contributed by atoms with Gasteiger partial charge in [-0.05, 0) is 43.3 Å². The van der Waals surface area contributed by atoms with Crippen LogP contribution in [0.5, 0.6) is 5.75 Å². The monoisotopic (exact) mass is 403 g/mol. The Bertz CT molecular complexity index is 1200. The number of para-hydroxylation sites is 1. The lowest BCUT2D eigenvalue weighted by atomic mass is 10.1. The predicted octanol–water partition coefficient (Wildman–Crippen LogP) is 4.82. The van der Waals surface area contributed by atoms with Crippen LogP contribution >= 0.6 is 0 Å². The number of rotatable bonds is 7. The zero-order valence-electron chi connectivity index (χ0n) is 17.0. The van der Waals surface area contributed by atoms with E-state index in [1.165, 1.54) is 6.92 Å². The second-order valence-electron chi connectivity index (χ2n) is 7.31. The summed E-state index contributed by atoms with van der Waals surface area (Å²) in [5.74, 6) is 0.691. The molecule has 3 aromatic carbocycles. The number of nitrogens with one attached hydrogen (secondary N) is 3. The molecule has 4 rings (SSSR count). The highest BCUT2D eigenvalue weighted by atomic mass is 16.5. The molecule has 0 fully saturated rings. The molecular formula is C24H25N3O3. The van der Waals surface area contributed by atoms with E-state index >= 15 is 0 Å². The van der Waals surface area contributed by atoms with Crippen LogP contribution in [0.1, 0.15) is 25.5 Å². The van der Waals surface area contributed by atoms with Gasteiger partial charge in [0.2, 0.25) is 5.91 Å². The van der Waals surface area contributed by atoms with Gasteiger partial charge >= 0.3 is 0 Å². The Morgan fingerprint density at radius 2 is 1.90 bits per heavy atom. The summed E-state index contributed by atoms with van der Waals surface area (Å²) in [6.45, 7) is 4.37. The molecule has 1 atom stereocenters. The minimum atomic E-state index is -0.523. The standard InChI is InChI=1S/C24H25N3O3/c1-15(28)19-5-3-4-6-22(19)25-11-12-30-18-8-9-20-21-13-17(26-16(2)29)7-10-23(21)27-24(20)14-18/h3-10,13-15,25,27-28H,11-12H2,1-2H3,(H,26,29). The molecule has 1 heterocycles. The normalized spacial score (nSPS) is 12.1. The van der Waals surface area contributed by atoms with E-state index in [9.17, 15) is 9.90 Å². The molecule has 0 saturated heterocycles. The molecule has 1 amide bonds. The predicted molar refractivity (Wildman–Crippen MR) is 121 cm³/mol. The molecular weight excluding hydrogens is 378 g/mol. The molecule has 0 bridgehead atoms. The smallest absolute Gasteiger partial charge is 0.221 e. The SMILES string of the molecule is CC(=O)Nc1ccc2[nH]c3cc(OCCNc4ccccc4C(C)O)ccc3c2c1. The third-order valence-corrected chi connectivity index (χ3v) is 4.99. The Hall–Kier alpha value is -3.51. The van der Waals surface area contributed by atoms with Gasteiger partial charge in [-0.15, -0.1) is 0 Å². The van der Waals surface area contributed by atoms with Crippen molar-refractivity contribution in [3.63, 3.8) is 0 Å². The number of aliphatic hydroxyl groups is 1. The third-order valence-electron chi connectivity index (χ3n) is 4.99. The van der Waals surface area contributed by atoms with Crippen LogP contribution in [-0.4, -0.2) is 29.1 Å². The van der Waals surface area contributed by atoms with Gasteiger partial charge in [0.1, 0.15) is 12.4 Å². The number of hydrogen-bond acceptors (Lipinski definition) is 4. The van der Waals surface area contributed by atoms with Gasteiger partial charge in [-0.1, -0.05) is 18.2 Å². The second-order valence-corrected chi connectivity index (χ2v) is 7.31. The van der Waals surface area contributed by atoms with E-state index in [1.807, 2.05) is 60.7 Å². The van der Waals surface area contributed by atoms with Crippen molar-refractivity contribution in [2.75, 3.05) is 23.8 Å². The van der Waals surface area contributed by atoms with E-state index in [0.29, 0.717) is 13.2 Å². The Kier molecular flexibility index (Phi) is 5.59. The van der Waals surface area contributed by atoms with Crippen molar-refractivity contribution in [1.82, 2.24) is 4.98 Å². The first-order valence-corrected chi connectivity index (χ1v) is 9.98. The van der Waals surface area contributed by atoms with E-state index in [4.69, 9.17) is 4.74 Å². The van der Waals surface area contributed by atoms with Crippen molar-refractivity contribution in [2.24, 2.45) is 0 Å². The molecule has 0 aliphatic carbocycles. The average Bonchev–Trinajstić information content (AvgIpc) is 3.08. The lowest BCUT2D eigenvalue weighted by Crippen LogP contribution is -2.13. The van der Waals surface area contributed by atoms with Crippen LogP contribution in [0.15, 0.2) is 60.7 Å². The van der Waals surface area contributed by atoms with Crippen LogP contribution in [0.2, 0.25) is 0 Å². The summed E-state index contributed by atoms with van der Waals surface area (Å²) in [5, 5.41) is 18.1. The highest BCUT2D eigenvalue weighted by molar-refractivity contribution is 6.09. The number of benzene rings is 3. The molecule has 0 aliphatic rings. The molecule has 1 unspecified atom stereocenters. The molecule has 6 heteroatoms. The number of aromatic nitrogens is 1. The summed E-state index contributed by atoms with van der Waals surface area (Å²) >= 11 is 0. The number of hydrogen-bond donors (Lipinski definition) is 4. The first-order chi connectivity index (χ1) is 14.5. The fraction of sp³-hybridized carbons (Fsp3) is 0.208. The lowest BCUT2D eigenvalue weighted by Gasteiger charge is -2.14. The summed E-state index contributed by atoms with van der Waals surface area (Å²) in [5.41, 5.74) is 4.55. The first kappa shape index (κ1) is 19.8. The summed E-state index contributed by atoms with van der Waals surface area (Å²) in [4.78, 5) is 14.7. The highest BCUT2D eigenvalue weighted by Crippen LogP contribution is 2.30. The average molecular weight is 403 g/mol. The van der Waals surface area contributed by atoms with Crippen LogP contribution in [0.4, 0.5) is 11.4 Å². The van der Waals surface area contributed by atoms with Gasteiger partial charge < -0.3 is 25.5 Å². The second kappa shape index (κ2) is 8.47. The summed E-state index contributed by atoms with van der Waals surface area (Å²) < 4.78 is 5.91. The Morgan fingerprint density at radius 3 is 2.70 bits per heavy atom. The number of amides is 1.